The van der Waals surface area contributed by atoms with E-state index in [9.17, 15) is 5.11 Å². The van der Waals surface area contributed by atoms with E-state index in [1.807, 2.05) is 30.3 Å². The molecule has 1 heterocycles. The molecule has 1 aromatic carbocycles. The van der Waals surface area contributed by atoms with Gasteiger partial charge in [-0.3, -0.25) is 0 Å². The van der Waals surface area contributed by atoms with E-state index in [2.05, 4.69) is 10.1 Å². The number of benzene rings is 1. The smallest absolute Gasteiger partial charge is 0.208 e. The minimum absolute atomic E-state index is 0.527. The third kappa shape index (κ3) is 3.22. The molecule has 0 spiro atoms. The standard InChI is InChI=1S/C15H19N3OS/c19-15(9-5-2-6-10-15)11-20-14-16-12-18(17-14)13-7-3-1-4-8-13/h1,3-4,7-8,12,19H,2,5-6,9-11H2. The van der Waals surface area contributed by atoms with Gasteiger partial charge in [-0.15, -0.1) is 5.10 Å². The van der Waals surface area contributed by atoms with E-state index >= 15 is 0 Å². The van der Waals surface area contributed by atoms with Gasteiger partial charge in [-0.05, 0) is 25.0 Å². The Morgan fingerprint density at radius 1 is 1.15 bits per heavy atom. The van der Waals surface area contributed by atoms with Crippen molar-refractivity contribution in [2.24, 2.45) is 0 Å². The molecule has 1 aromatic heterocycles. The SMILES string of the molecule is OC1(CSc2ncn(-c3ccccc3)n2)CCCCC1. The third-order valence-corrected chi connectivity index (χ3v) is 4.87. The van der Waals surface area contributed by atoms with Crippen molar-refractivity contribution in [3.05, 3.63) is 36.7 Å². The van der Waals surface area contributed by atoms with Gasteiger partial charge >= 0.3 is 0 Å². The van der Waals surface area contributed by atoms with Crippen LogP contribution in [-0.4, -0.2) is 31.2 Å². The van der Waals surface area contributed by atoms with Crippen LogP contribution in [0.15, 0.2) is 41.8 Å². The molecule has 0 unspecified atom stereocenters. The largest absolute Gasteiger partial charge is 0.389 e. The average molecular weight is 289 g/mol. The molecule has 3 rings (SSSR count). The van der Waals surface area contributed by atoms with Crippen LogP contribution in [0.2, 0.25) is 0 Å². The van der Waals surface area contributed by atoms with E-state index in [-0.39, 0.29) is 0 Å². The molecule has 5 heteroatoms. The lowest BCUT2D eigenvalue weighted by Crippen LogP contribution is -2.34. The maximum Gasteiger partial charge on any atom is 0.208 e. The number of hydrogen-bond donors (Lipinski definition) is 1. The second-order valence-corrected chi connectivity index (χ2v) is 6.32. The lowest BCUT2D eigenvalue weighted by atomic mass is 9.86. The minimum Gasteiger partial charge on any atom is -0.389 e. The summed E-state index contributed by atoms with van der Waals surface area (Å²) in [5, 5.41) is 15.7. The molecule has 20 heavy (non-hydrogen) atoms. The molecular weight excluding hydrogens is 270 g/mol. The van der Waals surface area contributed by atoms with E-state index in [4.69, 9.17) is 0 Å². The molecule has 1 N–H and O–H groups in total. The van der Waals surface area contributed by atoms with E-state index in [1.54, 1.807) is 22.8 Å². The van der Waals surface area contributed by atoms with Gasteiger partial charge in [0.15, 0.2) is 0 Å². The molecule has 0 bridgehead atoms. The van der Waals surface area contributed by atoms with Crippen LogP contribution in [0.25, 0.3) is 5.69 Å². The molecular formula is C15H19N3OS. The summed E-state index contributed by atoms with van der Waals surface area (Å²) in [7, 11) is 0. The first-order chi connectivity index (χ1) is 9.75. The highest BCUT2D eigenvalue weighted by Gasteiger charge is 2.29. The van der Waals surface area contributed by atoms with Gasteiger partial charge in [0.25, 0.3) is 0 Å². The van der Waals surface area contributed by atoms with Gasteiger partial charge in [0.2, 0.25) is 5.16 Å². The zero-order chi connectivity index (χ0) is 13.8. The normalized spacial score (nSPS) is 18.1. The van der Waals surface area contributed by atoms with Crippen molar-refractivity contribution in [2.75, 3.05) is 5.75 Å². The van der Waals surface area contributed by atoms with Crippen LogP contribution in [0.5, 0.6) is 0 Å². The summed E-state index contributed by atoms with van der Waals surface area (Å²) in [5.74, 6) is 0.686. The van der Waals surface area contributed by atoms with Crippen molar-refractivity contribution in [3.8, 4) is 5.69 Å². The first kappa shape index (κ1) is 13.6. The van der Waals surface area contributed by atoms with Gasteiger partial charge in [-0.2, -0.15) is 0 Å². The Kier molecular flexibility index (Phi) is 4.08. The Balaban J connectivity index is 1.63. The van der Waals surface area contributed by atoms with E-state index in [0.29, 0.717) is 5.75 Å². The summed E-state index contributed by atoms with van der Waals surface area (Å²) in [6.45, 7) is 0. The number of aromatic nitrogens is 3. The summed E-state index contributed by atoms with van der Waals surface area (Å²) in [6.07, 6.45) is 7.03. The predicted molar refractivity (Wildman–Crippen MR) is 80.1 cm³/mol. The minimum atomic E-state index is -0.527. The van der Waals surface area contributed by atoms with Gasteiger partial charge in [0.1, 0.15) is 6.33 Å². The molecule has 0 aliphatic heterocycles. The quantitative estimate of drug-likeness (QED) is 0.879. The summed E-state index contributed by atoms with van der Waals surface area (Å²) in [5.41, 5.74) is 0.476. The fourth-order valence-electron chi connectivity index (χ4n) is 2.57. The monoisotopic (exact) mass is 289 g/mol. The molecule has 0 saturated heterocycles. The fourth-order valence-corrected chi connectivity index (χ4v) is 3.53. The van der Waals surface area contributed by atoms with Crippen molar-refractivity contribution < 1.29 is 5.11 Å². The molecule has 1 aliphatic carbocycles. The van der Waals surface area contributed by atoms with E-state index in [1.165, 1.54) is 6.42 Å². The van der Waals surface area contributed by atoms with Gasteiger partial charge in [-0.1, -0.05) is 49.2 Å². The molecule has 1 fully saturated rings. The van der Waals surface area contributed by atoms with Crippen LogP contribution in [-0.2, 0) is 0 Å². The van der Waals surface area contributed by atoms with E-state index in [0.717, 1.165) is 36.5 Å². The van der Waals surface area contributed by atoms with Gasteiger partial charge in [-0.25, -0.2) is 9.67 Å². The molecule has 0 radical (unpaired) electrons. The Hall–Kier alpha value is -1.33. The maximum absolute atomic E-state index is 10.5. The van der Waals surface area contributed by atoms with Crippen molar-refractivity contribution in [1.29, 1.82) is 0 Å². The summed E-state index contributed by atoms with van der Waals surface area (Å²) >= 11 is 1.55. The van der Waals surface area contributed by atoms with Crippen LogP contribution in [0.3, 0.4) is 0 Å². The van der Waals surface area contributed by atoms with Crippen LogP contribution < -0.4 is 0 Å². The third-order valence-electron chi connectivity index (χ3n) is 3.75. The van der Waals surface area contributed by atoms with Crippen molar-refractivity contribution in [3.63, 3.8) is 0 Å². The summed E-state index contributed by atoms with van der Waals surface area (Å²) < 4.78 is 1.77. The second-order valence-electron chi connectivity index (χ2n) is 5.38. The molecule has 1 aliphatic rings. The Labute approximate surface area is 123 Å². The maximum atomic E-state index is 10.5. The Bertz CT molecular complexity index is 549. The first-order valence-electron chi connectivity index (χ1n) is 7.07. The number of aliphatic hydroxyl groups is 1. The number of nitrogens with zero attached hydrogens (tertiary/aromatic N) is 3. The van der Waals surface area contributed by atoms with Crippen molar-refractivity contribution in [1.82, 2.24) is 14.8 Å². The highest BCUT2D eigenvalue weighted by Crippen LogP contribution is 2.32. The zero-order valence-electron chi connectivity index (χ0n) is 11.4. The van der Waals surface area contributed by atoms with Crippen LogP contribution in [0.1, 0.15) is 32.1 Å². The van der Waals surface area contributed by atoms with Gasteiger partial charge < -0.3 is 5.11 Å². The number of para-hydroxylation sites is 1. The van der Waals surface area contributed by atoms with Crippen LogP contribution in [0.4, 0.5) is 0 Å². The zero-order valence-corrected chi connectivity index (χ0v) is 12.2. The van der Waals surface area contributed by atoms with E-state index < -0.39 is 5.60 Å². The Morgan fingerprint density at radius 3 is 2.65 bits per heavy atom. The molecule has 2 aromatic rings. The summed E-state index contributed by atoms with van der Waals surface area (Å²) in [4.78, 5) is 4.31. The topological polar surface area (TPSA) is 50.9 Å². The summed E-state index contributed by atoms with van der Waals surface area (Å²) in [6, 6.07) is 9.94. The van der Waals surface area contributed by atoms with Gasteiger partial charge in [0.05, 0.1) is 11.3 Å². The Morgan fingerprint density at radius 2 is 1.90 bits per heavy atom. The predicted octanol–water partition coefficient (Wildman–Crippen LogP) is 3.05. The number of thioether (sulfide) groups is 1. The first-order valence-corrected chi connectivity index (χ1v) is 8.06. The van der Waals surface area contributed by atoms with Crippen LogP contribution >= 0.6 is 11.8 Å². The molecule has 106 valence electrons. The lowest BCUT2D eigenvalue weighted by Gasteiger charge is -2.31. The van der Waals surface area contributed by atoms with Crippen molar-refractivity contribution >= 4 is 11.8 Å². The molecule has 1 saturated carbocycles. The van der Waals surface area contributed by atoms with Crippen molar-refractivity contribution in [2.45, 2.75) is 42.9 Å². The lowest BCUT2D eigenvalue weighted by molar-refractivity contribution is 0.0272. The van der Waals surface area contributed by atoms with Gasteiger partial charge in [0, 0.05) is 5.75 Å². The highest BCUT2D eigenvalue weighted by molar-refractivity contribution is 7.99. The highest BCUT2D eigenvalue weighted by atomic mass is 32.2. The molecule has 0 atom stereocenters. The fraction of sp³-hybridized carbons (Fsp3) is 0.467. The van der Waals surface area contributed by atoms with Crippen LogP contribution in [0, 0.1) is 0 Å². The second kappa shape index (κ2) is 5.97. The molecule has 4 nitrogen and oxygen atoms in total. The average Bonchev–Trinajstić information content (AvgIpc) is 2.96. The molecule has 0 amide bonds. The number of rotatable bonds is 4. The number of hydrogen-bond acceptors (Lipinski definition) is 4.